The van der Waals surface area contributed by atoms with Crippen LogP contribution in [0.1, 0.15) is 63.1 Å². The van der Waals surface area contributed by atoms with E-state index in [4.69, 9.17) is 0 Å². The van der Waals surface area contributed by atoms with Crippen molar-refractivity contribution in [2.75, 3.05) is 0 Å². The molecule has 0 saturated heterocycles. The van der Waals surface area contributed by atoms with E-state index in [1.807, 2.05) is 0 Å². The Balaban J connectivity index is 2.06. The molecule has 0 radical (unpaired) electrons. The van der Waals surface area contributed by atoms with Gasteiger partial charge < -0.3 is 5.11 Å². The highest BCUT2D eigenvalue weighted by Gasteiger charge is 2.32. The summed E-state index contributed by atoms with van der Waals surface area (Å²) in [5.41, 5.74) is 1.02. The first-order valence-corrected chi connectivity index (χ1v) is 7.90. The van der Waals surface area contributed by atoms with Gasteiger partial charge in [0.15, 0.2) is 0 Å². The number of rotatable bonds is 4. The highest BCUT2D eigenvalue weighted by Crippen LogP contribution is 2.41. The average Bonchev–Trinajstić information content (AvgIpc) is 2.80. The maximum Gasteiger partial charge on any atom is 0.0945 e. The van der Waals surface area contributed by atoms with Crippen molar-refractivity contribution >= 4 is 11.5 Å². The third-order valence-electron chi connectivity index (χ3n) is 4.43. The molecule has 1 fully saturated rings. The van der Waals surface area contributed by atoms with Crippen molar-refractivity contribution < 1.29 is 5.11 Å². The van der Waals surface area contributed by atoms with Crippen LogP contribution in [0.3, 0.4) is 0 Å². The highest BCUT2D eigenvalue weighted by atomic mass is 32.1. The van der Waals surface area contributed by atoms with Crippen molar-refractivity contribution in [3.05, 3.63) is 10.6 Å². The third-order valence-corrected chi connectivity index (χ3v) is 5.26. The molecular weight excluding hydrogens is 244 g/mol. The van der Waals surface area contributed by atoms with E-state index in [9.17, 15) is 5.11 Å². The van der Waals surface area contributed by atoms with Crippen molar-refractivity contribution in [1.82, 2.24) is 9.59 Å². The number of aliphatic hydroxyl groups excluding tert-OH is 1. The predicted octanol–water partition coefficient (Wildman–Crippen LogP) is 3.60. The summed E-state index contributed by atoms with van der Waals surface area (Å²) in [6, 6.07) is 0. The lowest BCUT2D eigenvalue weighted by Gasteiger charge is -2.34. The van der Waals surface area contributed by atoms with Crippen molar-refractivity contribution in [3.8, 4) is 0 Å². The largest absolute Gasteiger partial charge is 0.387 e. The van der Waals surface area contributed by atoms with Crippen LogP contribution in [-0.4, -0.2) is 14.7 Å². The molecule has 0 aromatic carbocycles. The number of aliphatic hydroxyl groups is 1. The molecule has 0 spiro atoms. The molecule has 0 aliphatic heterocycles. The number of hydrogen-bond donors (Lipinski definition) is 1. The van der Waals surface area contributed by atoms with E-state index in [1.54, 1.807) is 0 Å². The Hall–Kier alpha value is -0.480. The van der Waals surface area contributed by atoms with Crippen LogP contribution in [0.25, 0.3) is 0 Å². The molecule has 2 rings (SSSR count). The first-order chi connectivity index (χ1) is 8.63. The normalized spacial score (nSPS) is 30.3. The van der Waals surface area contributed by atoms with Crippen molar-refractivity contribution in [2.24, 2.45) is 17.8 Å². The number of aromatic nitrogens is 2. The molecule has 1 aliphatic rings. The number of hydrogen-bond acceptors (Lipinski definition) is 4. The minimum atomic E-state index is -0.346. The molecule has 0 amide bonds. The zero-order valence-electron chi connectivity index (χ0n) is 11.6. The first kappa shape index (κ1) is 13.9. The van der Waals surface area contributed by atoms with Crippen LogP contribution in [0.15, 0.2) is 0 Å². The van der Waals surface area contributed by atoms with Gasteiger partial charge in [0, 0.05) is 0 Å². The topological polar surface area (TPSA) is 46.0 Å². The summed E-state index contributed by atoms with van der Waals surface area (Å²) in [6.07, 6.45) is 5.15. The fourth-order valence-corrected chi connectivity index (χ4v) is 3.72. The first-order valence-electron chi connectivity index (χ1n) is 7.12. The lowest BCUT2D eigenvalue weighted by atomic mass is 9.73. The molecule has 1 aliphatic carbocycles. The summed E-state index contributed by atoms with van der Waals surface area (Å²) < 4.78 is 4.02. The maximum atomic E-state index is 10.6. The van der Waals surface area contributed by atoms with Gasteiger partial charge in [-0.25, -0.2) is 0 Å². The van der Waals surface area contributed by atoms with Crippen LogP contribution in [0.2, 0.25) is 0 Å². The van der Waals surface area contributed by atoms with Gasteiger partial charge in [0.1, 0.15) is 0 Å². The van der Waals surface area contributed by atoms with Gasteiger partial charge in [0.05, 0.1) is 16.7 Å². The van der Waals surface area contributed by atoms with Gasteiger partial charge in [-0.05, 0) is 48.5 Å². The molecule has 4 atom stereocenters. The summed E-state index contributed by atoms with van der Waals surface area (Å²) in [6.45, 7) is 6.77. The Morgan fingerprint density at radius 1 is 1.33 bits per heavy atom. The summed E-state index contributed by atoms with van der Waals surface area (Å²) in [5, 5.41) is 14.7. The zero-order valence-corrected chi connectivity index (χ0v) is 12.4. The second kappa shape index (κ2) is 6.11. The van der Waals surface area contributed by atoms with Crippen LogP contribution < -0.4 is 0 Å². The van der Waals surface area contributed by atoms with Gasteiger partial charge >= 0.3 is 0 Å². The quantitative estimate of drug-likeness (QED) is 0.907. The molecule has 18 heavy (non-hydrogen) atoms. The smallest absolute Gasteiger partial charge is 0.0945 e. The Morgan fingerprint density at radius 2 is 2.11 bits per heavy atom. The standard InChI is InChI=1S/C14H24N2OS/c1-4-5-12-14(18-16-15-12)13(17)11-7-6-9(2)10(3)8-11/h9-11,13,17H,4-8H2,1-3H3. The van der Waals surface area contributed by atoms with Gasteiger partial charge in [-0.15, -0.1) is 5.10 Å². The number of aryl methyl sites for hydroxylation is 1. The SMILES string of the molecule is CCCc1nnsc1C(O)C1CCC(C)C(C)C1. The molecule has 3 nitrogen and oxygen atoms in total. The molecular formula is C14H24N2OS. The Kier molecular flexibility index (Phi) is 4.73. The predicted molar refractivity (Wildman–Crippen MR) is 74.5 cm³/mol. The molecule has 0 bridgehead atoms. The van der Waals surface area contributed by atoms with Gasteiger partial charge in [-0.3, -0.25) is 0 Å². The van der Waals surface area contributed by atoms with Gasteiger partial charge in [0.2, 0.25) is 0 Å². The minimum absolute atomic E-state index is 0.346. The second-order valence-electron chi connectivity index (χ2n) is 5.81. The van der Waals surface area contributed by atoms with Crippen molar-refractivity contribution in [3.63, 3.8) is 0 Å². The molecule has 1 saturated carbocycles. The summed E-state index contributed by atoms with van der Waals surface area (Å²) in [5.74, 6) is 1.91. The minimum Gasteiger partial charge on any atom is -0.387 e. The van der Waals surface area contributed by atoms with E-state index < -0.39 is 0 Å². The van der Waals surface area contributed by atoms with E-state index >= 15 is 0 Å². The Morgan fingerprint density at radius 3 is 2.78 bits per heavy atom. The van der Waals surface area contributed by atoms with Crippen LogP contribution in [-0.2, 0) is 6.42 Å². The molecule has 1 N–H and O–H groups in total. The average molecular weight is 268 g/mol. The van der Waals surface area contributed by atoms with Crippen LogP contribution >= 0.6 is 11.5 Å². The Bertz CT molecular complexity index is 380. The van der Waals surface area contributed by atoms with E-state index in [0.717, 1.165) is 42.2 Å². The third kappa shape index (κ3) is 2.91. The molecule has 4 heteroatoms. The fourth-order valence-electron chi connectivity index (χ4n) is 2.94. The van der Waals surface area contributed by atoms with E-state index in [2.05, 4.69) is 30.4 Å². The van der Waals surface area contributed by atoms with Gasteiger partial charge in [-0.2, -0.15) is 0 Å². The van der Waals surface area contributed by atoms with Crippen molar-refractivity contribution in [1.29, 1.82) is 0 Å². The lowest BCUT2D eigenvalue weighted by molar-refractivity contribution is 0.0578. The summed E-state index contributed by atoms with van der Waals surface area (Å²) in [4.78, 5) is 1.02. The van der Waals surface area contributed by atoms with Crippen molar-refractivity contribution in [2.45, 2.75) is 59.0 Å². The summed E-state index contributed by atoms with van der Waals surface area (Å²) in [7, 11) is 0. The van der Waals surface area contributed by atoms with E-state index in [-0.39, 0.29) is 6.10 Å². The van der Waals surface area contributed by atoms with E-state index in [1.165, 1.54) is 18.0 Å². The monoisotopic (exact) mass is 268 g/mol. The number of nitrogens with zero attached hydrogens (tertiary/aromatic N) is 2. The molecule has 1 aromatic heterocycles. The van der Waals surface area contributed by atoms with Gasteiger partial charge in [-0.1, -0.05) is 38.1 Å². The molecule has 102 valence electrons. The van der Waals surface area contributed by atoms with E-state index in [0.29, 0.717) is 11.8 Å². The second-order valence-corrected chi connectivity index (χ2v) is 6.59. The van der Waals surface area contributed by atoms with Crippen LogP contribution in [0, 0.1) is 17.8 Å². The fraction of sp³-hybridized carbons (Fsp3) is 0.857. The molecule has 1 heterocycles. The van der Waals surface area contributed by atoms with Crippen LogP contribution in [0.5, 0.6) is 0 Å². The Labute approximate surface area is 114 Å². The zero-order chi connectivity index (χ0) is 13.1. The highest BCUT2D eigenvalue weighted by molar-refractivity contribution is 7.05. The molecule has 4 unspecified atom stereocenters. The molecule has 1 aromatic rings. The van der Waals surface area contributed by atoms with Crippen LogP contribution in [0.4, 0.5) is 0 Å². The lowest BCUT2D eigenvalue weighted by Crippen LogP contribution is -2.25. The summed E-state index contributed by atoms with van der Waals surface area (Å²) >= 11 is 1.38. The van der Waals surface area contributed by atoms with Gasteiger partial charge in [0.25, 0.3) is 0 Å². The maximum absolute atomic E-state index is 10.6.